The fourth-order valence-electron chi connectivity index (χ4n) is 3.16. The molecule has 30 heavy (non-hydrogen) atoms. The standard InChI is InChI=1S/C23H25N3O4/c1-26-13-12-24-23(26)21(17-8-6-5-7-9-17)25-20(27)11-10-16-14-18(28-2)22(30-4)19(15-16)29-3/h5-15,21H,1-4H3,(H,25,27)/b11-10+. The van der Waals surface area contributed by atoms with Crippen LogP contribution in [0.3, 0.4) is 0 Å². The summed E-state index contributed by atoms with van der Waals surface area (Å²) in [5, 5.41) is 3.03. The van der Waals surface area contributed by atoms with Gasteiger partial charge in [-0.15, -0.1) is 0 Å². The van der Waals surface area contributed by atoms with Gasteiger partial charge in [-0.3, -0.25) is 4.79 Å². The third-order valence-electron chi connectivity index (χ3n) is 4.65. The predicted molar refractivity (Wildman–Crippen MR) is 115 cm³/mol. The zero-order valence-corrected chi connectivity index (χ0v) is 17.5. The van der Waals surface area contributed by atoms with E-state index in [4.69, 9.17) is 14.2 Å². The molecule has 1 N–H and O–H groups in total. The number of amides is 1. The first-order valence-electron chi connectivity index (χ1n) is 9.38. The summed E-state index contributed by atoms with van der Waals surface area (Å²) in [6, 6.07) is 12.9. The fourth-order valence-corrected chi connectivity index (χ4v) is 3.16. The Labute approximate surface area is 175 Å². The van der Waals surface area contributed by atoms with Gasteiger partial charge in [-0.2, -0.15) is 0 Å². The molecule has 0 spiro atoms. The number of nitrogens with one attached hydrogen (secondary N) is 1. The van der Waals surface area contributed by atoms with Crippen molar-refractivity contribution in [1.29, 1.82) is 0 Å². The van der Waals surface area contributed by atoms with Gasteiger partial charge in [0.2, 0.25) is 11.7 Å². The highest BCUT2D eigenvalue weighted by molar-refractivity contribution is 5.92. The number of hydrogen-bond donors (Lipinski definition) is 1. The van der Waals surface area contributed by atoms with Gasteiger partial charge in [0.1, 0.15) is 11.9 Å². The maximum Gasteiger partial charge on any atom is 0.244 e. The Morgan fingerprint density at radius 3 is 2.27 bits per heavy atom. The van der Waals surface area contributed by atoms with Crippen LogP contribution in [0.4, 0.5) is 0 Å². The van der Waals surface area contributed by atoms with E-state index >= 15 is 0 Å². The largest absolute Gasteiger partial charge is 0.493 e. The SMILES string of the molecule is COc1cc(/C=C/C(=O)NC(c2ccccc2)c2nccn2C)cc(OC)c1OC. The Bertz CT molecular complexity index is 1000. The maximum absolute atomic E-state index is 12.7. The molecule has 1 aromatic heterocycles. The van der Waals surface area contributed by atoms with Crippen molar-refractivity contribution in [1.82, 2.24) is 14.9 Å². The topological polar surface area (TPSA) is 74.6 Å². The molecule has 0 bridgehead atoms. The van der Waals surface area contributed by atoms with Crippen molar-refractivity contribution in [2.75, 3.05) is 21.3 Å². The monoisotopic (exact) mass is 407 g/mol. The van der Waals surface area contributed by atoms with Gasteiger partial charge in [0.25, 0.3) is 0 Å². The number of benzene rings is 2. The van der Waals surface area contributed by atoms with Crippen LogP contribution in [0.5, 0.6) is 17.2 Å². The van der Waals surface area contributed by atoms with E-state index in [2.05, 4.69) is 10.3 Å². The molecular formula is C23H25N3O4. The lowest BCUT2D eigenvalue weighted by molar-refractivity contribution is -0.117. The van der Waals surface area contributed by atoms with Crippen molar-refractivity contribution >= 4 is 12.0 Å². The molecule has 1 amide bonds. The Balaban J connectivity index is 1.84. The summed E-state index contributed by atoms with van der Waals surface area (Å²) in [6.45, 7) is 0. The lowest BCUT2D eigenvalue weighted by Gasteiger charge is -2.18. The van der Waals surface area contributed by atoms with Crippen molar-refractivity contribution in [2.45, 2.75) is 6.04 Å². The molecule has 0 fully saturated rings. The molecule has 7 heteroatoms. The Hall–Kier alpha value is -3.74. The summed E-state index contributed by atoms with van der Waals surface area (Å²) >= 11 is 0. The maximum atomic E-state index is 12.7. The van der Waals surface area contributed by atoms with Crippen molar-refractivity contribution in [2.24, 2.45) is 7.05 Å². The molecule has 7 nitrogen and oxygen atoms in total. The van der Waals surface area contributed by atoms with Crippen LogP contribution in [0.1, 0.15) is 23.0 Å². The molecule has 2 aromatic carbocycles. The van der Waals surface area contributed by atoms with Crippen LogP contribution in [0.25, 0.3) is 6.08 Å². The fraction of sp³-hybridized carbons (Fsp3) is 0.217. The number of imidazole rings is 1. The third-order valence-corrected chi connectivity index (χ3v) is 4.65. The number of ether oxygens (including phenoxy) is 3. The second kappa shape index (κ2) is 9.65. The first-order chi connectivity index (χ1) is 14.6. The number of hydrogen-bond acceptors (Lipinski definition) is 5. The number of aromatic nitrogens is 2. The molecule has 3 rings (SSSR count). The second-order valence-electron chi connectivity index (χ2n) is 6.54. The highest BCUT2D eigenvalue weighted by Crippen LogP contribution is 2.38. The third kappa shape index (κ3) is 4.63. The van der Waals surface area contributed by atoms with E-state index in [1.807, 2.05) is 48.1 Å². The predicted octanol–water partition coefficient (Wildman–Crippen LogP) is 3.36. The average molecular weight is 407 g/mol. The molecule has 1 heterocycles. The molecule has 0 saturated heterocycles. The van der Waals surface area contributed by atoms with E-state index in [0.29, 0.717) is 17.2 Å². The summed E-state index contributed by atoms with van der Waals surface area (Å²) in [4.78, 5) is 17.1. The highest BCUT2D eigenvalue weighted by Gasteiger charge is 2.19. The summed E-state index contributed by atoms with van der Waals surface area (Å²) in [5.74, 6) is 2.04. The van der Waals surface area contributed by atoms with Gasteiger partial charge < -0.3 is 24.1 Å². The second-order valence-corrected chi connectivity index (χ2v) is 6.54. The first kappa shape index (κ1) is 21.0. The molecule has 3 aromatic rings. The Morgan fingerprint density at radius 1 is 1.07 bits per heavy atom. The average Bonchev–Trinajstić information content (AvgIpc) is 3.21. The molecule has 0 saturated carbocycles. The number of aryl methyl sites for hydroxylation is 1. The van der Waals surface area contributed by atoms with E-state index < -0.39 is 0 Å². The van der Waals surface area contributed by atoms with Gasteiger partial charge in [0.15, 0.2) is 11.5 Å². The molecular weight excluding hydrogens is 382 g/mol. The minimum atomic E-state index is -0.372. The van der Waals surface area contributed by atoms with Gasteiger partial charge in [-0.05, 0) is 29.3 Å². The summed E-state index contributed by atoms with van der Waals surface area (Å²) in [5.41, 5.74) is 1.69. The van der Waals surface area contributed by atoms with Crippen molar-refractivity contribution in [3.05, 3.63) is 77.9 Å². The Morgan fingerprint density at radius 2 is 1.73 bits per heavy atom. The van der Waals surface area contributed by atoms with Crippen LogP contribution < -0.4 is 19.5 Å². The first-order valence-corrected chi connectivity index (χ1v) is 9.38. The summed E-state index contributed by atoms with van der Waals surface area (Å²) < 4.78 is 17.9. The molecule has 0 aliphatic rings. The zero-order chi connectivity index (χ0) is 21.5. The number of nitrogens with zero attached hydrogens (tertiary/aromatic N) is 2. The number of methoxy groups -OCH3 is 3. The molecule has 1 atom stereocenters. The number of carbonyl (C=O) groups excluding carboxylic acids is 1. The summed E-state index contributed by atoms with van der Waals surface area (Å²) in [7, 11) is 6.55. The van der Waals surface area contributed by atoms with E-state index in [1.165, 1.54) is 6.08 Å². The molecule has 0 radical (unpaired) electrons. The Kier molecular flexibility index (Phi) is 6.75. The number of carbonyl (C=O) groups is 1. The van der Waals surface area contributed by atoms with Gasteiger partial charge in [0.05, 0.1) is 21.3 Å². The molecule has 156 valence electrons. The molecule has 0 aliphatic carbocycles. The van der Waals surface area contributed by atoms with E-state index in [0.717, 1.165) is 17.0 Å². The molecule has 1 unspecified atom stereocenters. The van der Waals surface area contributed by atoms with Gasteiger partial charge in [0, 0.05) is 25.5 Å². The van der Waals surface area contributed by atoms with Crippen LogP contribution in [-0.4, -0.2) is 36.8 Å². The van der Waals surface area contributed by atoms with E-state index in [1.54, 1.807) is 45.7 Å². The van der Waals surface area contributed by atoms with Crippen LogP contribution in [0.2, 0.25) is 0 Å². The minimum absolute atomic E-state index is 0.249. The van der Waals surface area contributed by atoms with Crippen molar-refractivity contribution in [3.63, 3.8) is 0 Å². The van der Waals surface area contributed by atoms with E-state index in [-0.39, 0.29) is 11.9 Å². The van der Waals surface area contributed by atoms with E-state index in [9.17, 15) is 4.79 Å². The van der Waals surface area contributed by atoms with Gasteiger partial charge >= 0.3 is 0 Å². The smallest absolute Gasteiger partial charge is 0.244 e. The lowest BCUT2D eigenvalue weighted by atomic mass is 10.1. The van der Waals surface area contributed by atoms with Crippen LogP contribution in [-0.2, 0) is 11.8 Å². The van der Waals surface area contributed by atoms with Gasteiger partial charge in [-0.1, -0.05) is 30.3 Å². The zero-order valence-electron chi connectivity index (χ0n) is 17.5. The lowest BCUT2D eigenvalue weighted by Crippen LogP contribution is -2.29. The van der Waals surface area contributed by atoms with Crippen molar-refractivity contribution in [3.8, 4) is 17.2 Å². The van der Waals surface area contributed by atoms with Gasteiger partial charge in [-0.25, -0.2) is 4.98 Å². The minimum Gasteiger partial charge on any atom is -0.493 e. The van der Waals surface area contributed by atoms with Crippen LogP contribution in [0, 0.1) is 0 Å². The number of rotatable bonds is 8. The molecule has 0 aliphatic heterocycles. The van der Waals surface area contributed by atoms with Crippen LogP contribution in [0.15, 0.2) is 60.9 Å². The summed E-state index contributed by atoms with van der Waals surface area (Å²) in [6.07, 6.45) is 6.73. The highest BCUT2D eigenvalue weighted by atomic mass is 16.5. The van der Waals surface area contributed by atoms with Crippen LogP contribution >= 0.6 is 0 Å². The quantitative estimate of drug-likeness (QED) is 0.580. The normalized spacial score (nSPS) is 11.9. The van der Waals surface area contributed by atoms with Crippen molar-refractivity contribution < 1.29 is 19.0 Å².